The summed E-state index contributed by atoms with van der Waals surface area (Å²) in [5.41, 5.74) is 2.14. The van der Waals surface area contributed by atoms with Gasteiger partial charge in [-0.1, -0.05) is 11.8 Å². The van der Waals surface area contributed by atoms with Gasteiger partial charge >= 0.3 is 0 Å². The lowest BCUT2D eigenvalue weighted by atomic mass is 9.99. The predicted molar refractivity (Wildman–Crippen MR) is 56.7 cm³/mol. The van der Waals surface area contributed by atoms with Crippen LogP contribution in [0.1, 0.15) is 0 Å². The second-order valence-electron chi connectivity index (χ2n) is 3.56. The van der Waals surface area contributed by atoms with Crippen LogP contribution in [-0.2, 0) is 9.57 Å². The first kappa shape index (κ1) is 12.1. The minimum Gasteiger partial charge on any atom is -0.394 e. The summed E-state index contributed by atoms with van der Waals surface area (Å²) in [6.07, 6.45) is -2.95. The number of rotatable bonds is 2. The van der Waals surface area contributed by atoms with Crippen LogP contribution in [0, 0.1) is 0 Å². The van der Waals surface area contributed by atoms with Gasteiger partial charge in [0.25, 0.3) is 0 Å². The van der Waals surface area contributed by atoms with Gasteiger partial charge in [-0.15, -0.1) is 0 Å². The summed E-state index contributed by atoms with van der Waals surface area (Å²) in [7, 11) is 1.45. The SMILES string of the molecule is CONC1=NC2C(O[C@H](CO)[C@@H](O)[C@@H]2O)S1. The fourth-order valence-electron chi connectivity index (χ4n) is 1.72. The minimum atomic E-state index is -1.13. The highest BCUT2D eigenvalue weighted by molar-refractivity contribution is 8.14. The highest BCUT2D eigenvalue weighted by Crippen LogP contribution is 2.35. The van der Waals surface area contributed by atoms with Crippen molar-refractivity contribution in [1.29, 1.82) is 0 Å². The third-order valence-electron chi connectivity index (χ3n) is 2.53. The standard InChI is InChI=1S/C8H14N2O5S/c1-14-10-8-9-4-6(13)5(12)3(2-11)15-7(4)16-8/h3-7,11-13H,2H2,1H3,(H,9,10)/t3-,4?,5-,6-,7?/m1/s1. The number of aliphatic hydroxyl groups excluding tert-OH is 3. The molecule has 0 aromatic rings. The summed E-state index contributed by atoms with van der Waals surface area (Å²) in [4.78, 5) is 8.82. The Hall–Kier alpha value is -0.380. The maximum absolute atomic E-state index is 9.81. The molecule has 0 amide bonds. The Morgan fingerprint density at radius 1 is 1.50 bits per heavy atom. The third-order valence-corrected chi connectivity index (χ3v) is 3.57. The molecule has 0 aromatic heterocycles. The molecular formula is C8H14N2O5S. The van der Waals surface area contributed by atoms with E-state index >= 15 is 0 Å². The molecule has 92 valence electrons. The van der Waals surface area contributed by atoms with Gasteiger partial charge in [0.2, 0.25) is 0 Å². The van der Waals surface area contributed by atoms with Gasteiger partial charge in [0, 0.05) is 0 Å². The number of amidine groups is 1. The van der Waals surface area contributed by atoms with Crippen LogP contribution in [-0.4, -0.2) is 64.0 Å². The monoisotopic (exact) mass is 250 g/mol. The molecule has 2 unspecified atom stereocenters. The van der Waals surface area contributed by atoms with E-state index in [0.717, 1.165) is 0 Å². The van der Waals surface area contributed by atoms with Gasteiger partial charge in [0.15, 0.2) is 5.17 Å². The number of ether oxygens (including phenoxy) is 1. The molecule has 0 aromatic carbocycles. The van der Waals surface area contributed by atoms with Gasteiger partial charge < -0.3 is 20.1 Å². The number of aliphatic imine (C=N–C) groups is 1. The Kier molecular flexibility index (Phi) is 3.67. The molecule has 2 heterocycles. The quantitative estimate of drug-likeness (QED) is 0.422. The van der Waals surface area contributed by atoms with Gasteiger partial charge in [-0.2, -0.15) is 0 Å². The summed E-state index contributed by atoms with van der Waals surface area (Å²) in [5, 5.41) is 28.9. The molecule has 4 N–H and O–H groups in total. The summed E-state index contributed by atoms with van der Waals surface area (Å²) in [6, 6.07) is -0.541. The van der Waals surface area contributed by atoms with Gasteiger partial charge in [-0.3, -0.25) is 9.83 Å². The van der Waals surface area contributed by atoms with Crippen LogP contribution in [0.2, 0.25) is 0 Å². The van der Waals surface area contributed by atoms with Crippen molar-refractivity contribution in [3.05, 3.63) is 0 Å². The number of nitrogens with zero attached hydrogens (tertiary/aromatic N) is 1. The maximum atomic E-state index is 9.81. The molecule has 7 nitrogen and oxygen atoms in total. The molecule has 0 spiro atoms. The zero-order valence-electron chi connectivity index (χ0n) is 8.61. The smallest absolute Gasteiger partial charge is 0.183 e. The van der Waals surface area contributed by atoms with Crippen molar-refractivity contribution in [3.63, 3.8) is 0 Å². The Balaban J connectivity index is 2.08. The molecule has 1 saturated heterocycles. The van der Waals surface area contributed by atoms with Crippen molar-refractivity contribution in [2.45, 2.75) is 29.8 Å². The molecule has 2 aliphatic rings. The van der Waals surface area contributed by atoms with Crippen molar-refractivity contribution >= 4 is 16.9 Å². The number of nitrogens with one attached hydrogen (secondary N) is 1. The van der Waals surface area contributed by atoms with Crippen molar-refractivity contribution in [3.8, 4) is 0 Å². The average molecular weight is 250 g/mol. The minimum absolute atomic E-state index is 0.338. The summed E-state index contributed by atoms with van der Waals surface area (Å²) in [6.45, 7) is -0.338. The summed E-state index contributed by atoms with van der Waals surface area (Å²) < 4.78 is 5.41. The second-order valence-corrected chi connectivity index (χ2v) is 4.64. The zero-order chi connectivity index (χ0) is 11.7. The molecule has 16 heavy (non-hydrogen) atoms. The van der Waals surface area contributed by atoms with Gasteiger partial charge in [0.05, 0.1) is 13.7 Å². The van der Waals surface area contributed by atoms with Crippen LogP contribution in [0.3, 0.4) is 0 Å². The Morgan fingerprint density at radius 3 is 2.88 bits per heavy atom. The third kappa shape index (κ3) is 2.04. The number of aliphatic hydroxyl groups is 3. The van der Waals surface area contributed by atoms with Crippen molar-refractivity contribution in [1.82, 2.24) is 5.48 Å². The van der Waals surface area contributed by atoms with Crippen LogP contribution in [0.5, 0.6) is 0 Å². The first-order valence-electron chi connectivity index (χ1n) is 4.83. The molecule has 8 heteroatoms. The number of hydrogen-bond acceptors (Lipinski definition) is 8. The van der Waals surface area contributed by atoms with E-state index in [-0.39, 0.29) is 6.61 Å². The zero-order valence-corrected chi connectivity index (χ0v) is 9.42. The van der Waals surface area contributed by atoms with E-state index < -0.39 is 29.8 Å². The topological polar surface area (TPSA) is 104 Å². The molecule has 5 atom stereocenters. The van der Waals surface area contributed by atoms with Crippen LogP contribution >= 0.6 is 11.8 Å². The molecule has 0 radical (unpaired) electrons. The van der Waals surface area contributed by atoms with E-state index in [0.29, 0.717) is 5.17 Å². The molecule has 2 rings (SSSR count). The summed E-state index contributed by atoms with van der Waals surface area (Å²) in [5.74, 6) is 0. The lowest BCUT2D eigenvalue weighted by Gasteiger charge is -2.37. The highest BCUT2D eigenvalue weighted by Gasteiger charge is 2.48. The van der Waals surface area contributed by atoms with E-state index in [1.54, 1.807) is 0 Å². The van der Waals surface area contributed by atoms with E-state index in [1.165, 1.54) is 18.9 Å². The average Bonchev–Trinajstić information content (AvgIpc) is 2.67. The predicted octanol–water partition coefficient (Wildman–Crippen LogP) is -1.95. The van der Waals surface area contributed by atoms with E-state index in [1.807, 2.05) is 0 Å². The largest absolute Gasteiger partial charge is 0.394 e. The van der Waals surface area contributed by atoms with Crippen molar-refractivity contribution in [2.75, 3.05) is 13.7 Å². The van der Waals surface area contributed by atoms with Crippen LogP contribution in [0.15, 0.2) is 4.99 Å². The Morgan fingerprint density at radius 2 is 2.25 bits per heavy atom. The second kappa shape index (κ2) is 4.86. The number of hydroxylamine groups is 1. The van der Waals surface area contributed by atoms with Gasteiger partial charge in [0.1, 0.15) is 29.8 Å². The fourth-order valence-corrected chi connectivity index (χ4v) is 2.81. The van der Waals surface area contributed by atoms with E-state index in [4.69, 9.17) is 14.7 Å². The molecule has 0 bridgehead atoms. The fraction of sp³-hybridized carbons (Fsp3) is 0.875. The highest BCUT2D eigenvalue weighted by atomic mass is 32.2. The summed E-state index contributed by atoms with van der Waals surface area (Å²) >= 11 is 1.25. The first-order chi connectivity index (χ1) is 7.67. The molecule has 1 fully saturated rings. The van der Waals surface area contributed by atoms with Gasteiger partial charge in [-0.05, 0) is 0 Å². The Bertz CT molecular complexity index is 290. The molecular weight excluding hydrogens is 236 g/mol. The van der Waals surface area contributed by atoms with Crippen LogP contribution in [0.25, 0.3) is 0 Å². The number of thioether (sulfide) groups is 1. The van der Waals surface area contributed by atoms with Gasteiger partial charge in [-0.25, -0.2) is 5.48 Å². The van der Waals surface area contributed by atoms with Crippen LogP contribution in [0.4, 0.5) is 0 Å². The van der Waals surface area contributed by atoms with E-state index in [9.17, 15) is 10.2 Å². The maximum Gasteiger partial charge on any atom is 0.183 e. The molecule has 0 saturated carbocycles. The number of hydrogen-bond donors (Lipinski definition) is 4. The number of fused-ring (bicyclic) bond motifs is 1. The van der Waals surface area contributed by atoms with Crippen molar-refractivity contribution in [2.24, 2.45) is 4.99 Å². The Labute approximate surface area is 96.4 Å². The lowest BCUT2D eigenvalue weighted by Crippen LogP contribution is -2.55. The normalized spacial score (nSPS) is 42.8. The lowest BCUT2D eigenvalue weighted by molar-refractivity contribution is -0.164. The molecule has 2 aliphatic heterocycles. The first-order valence-corrected chi connectivity index (χ1v) is 5.71. The van der Waals surface area contributed by atoms with Crippen molar-refractivity contribution < 1.29 is 24.9 Å². The van der Waals surface area contributed by atoms with E-state index in [2.05, 4.69) is 10.5 Å². The van der Waals surface area contributed by atoms with Crippen LogP contribution < -0.4 is 5.48 Å². The molecule has 0 aliphatic carbocycles.